The monoisotopic (exact) mass is 1090 g/mol. The number of hydrogen-bond donors (Lipinski definition) is 0. The fraction of sp³-hybridized carbons (Fsp3) is 0.630. The zero-order valence-corrected chi connectivity index (χ0v) is 51.1. The summed E-state index contributed by atoms with van der Waals surface area (Å²) in [5.74, 6) is -0.947. The number of allylic oxidation sites excluding steroid dienone is 24. The van der Waals surface area contributed by atoms with E-state index in [0.717, 1.165) is 141 Å². The van der Waals surface area contributed by atoms with Gasteiger partial charge in [0.15, 0.2) is 6.10 Å². The summed E-state index contributed by atoms with van der Waals surface area (Å²) in [6.45, 7) is 6.36. The average molecular weight is 1090 g/mol. The number of ether oxygens (including phenoxy) is 3. The number of carbonyl (C=O) groups excluding carboxylic acids is 3. The van der Waals surface area contributed by atoms with Gasteiger partial charge in [0.05, 0.1) is 0 Å². The molecule has 0 saturated carbocycles. The molecule has 1 atom stereocenters. The molecule has 0 fully saturated rings. The molecule has 6 heteroatoms. The van der Waals surface area contributed by atoms with Crippen LogP contribution in [0.4, 0.5) is 0 Å². The Kier molecular flexibility index (Phi) is 61.9. The number of esters is 3. The summed E-state index contributed by atoms with van der Waals surface area (Å²) < 4.78 is 16.9. The van der Waals surface area contributed by atoms with Crippen LogP contribution in [0, 0.1) is 0 Å². The molecule has 1 unspecified atom stereocenters. The van der Waals surface area contributed by atoms with Crippen molar-refractivity contribution >= 4 is 17.9 Å². The van der Waals surface area contributed by atoms with Gasteiger partial charge in [0.1, 0.15) is 13.2 Å². The van der Waals surface area contributed by atoms with Crippen molar-refractivity contribution in [2.45, 2.75) is 284 Å². The van der Waals surface area contributed by atoms with E-state index in [-0.39, 0.29) is 31.1 Å². The maximum Gasteiger partial charge on any atom is 0.306 e. The van der Waals surface area contributed by atoms with Gasteiger partial charge in [-0.05, 0) is 141 Å². The first-order valence-corrected chi connectivity index (χ1v) is 32.3. The molecule has 0 radical (unpaired) electrons. The fourth-order valence-corrected chi connectivity index (χ4v) is 8.53. The van der Waals surface area contributed by atoms with Gasteiger partial charge in [0, 0.05) is 19.3 Å². The molecule has 6 nitrogen and oxygen atoms in total. The molecule has 0 aromatic heterocycles. The van der Waals surface area contributed by atoms with Crippen LogP contribution in [0.3, 0.4) is 0 Å². The molecule has 0 saturated heterocycles. The number of hydrogen-bond acceptors (Lipinski definition) is 6. The van der Waals surface area contributed by atoms with Crippen LogP contribution >= 0.6 is 0 Å². The van der Waals surface area contributed by atoms with E-state index in [0.29, 0.717) is 19.3 Å². The summed E-state index contributed by atoms with van der Waals surface area (Å²) in [7, 11) is 0. The van der Waals surface area contributed by atoms with Gasteiger partial charge < -0.3 is 14.2 Å². The van der Waals surface area contributed by atoms with Crippen molar-refractivity contribution in [1.29, 1.82) is 0 Å². The van der Waals surface area contributed by atoms with Gasteiger partial charge in [-0.1, -0.05) is 263 Å². The molecular weight excluding hydrogens is 973 g/mol. The first-order valence-electron chi connectivity index (χ1n) is 32.3. The molecule has 446 valence electrons. The van der Waals surface area contributed by atoms with Crippen LogP contribution in [0.1, 0.15) is 278 Å². The quantitative estimate of drug-likeness (QED) is 0.0261. The van der Waals surface area contributed by atoms with Crippen molar-refractivity contribution < 1.29 is 28.6 Å². The van der Waals surface area contributed by atoms with E-state index in [1.54, 1.807) is 0 Å². The Morgan fingerprint density at radius 2 is 0.494 bits per heavy atom. The minimum Gasteiger partial charge on any atom is -0.462 e. The van der Waals surface area contributed by atoms with Gasteiger partial charge in [0.2, 0.25) is 0 Å². The Bertz CT molecular complexity index is 1730. The van der Waals surface area contributed by atoms with Gasteiger partial charge >= 0.3 is 17.9 Å². The first-order chi connectivity index (χ1) is 39.0. The summed E-state index contributed by atoms with van der Waals surface area (Å²) >= 11 is 0. The molecule has 0 rings (SSSR count). The zero-order valence-electron chi connectivity index (χ0n) is 51.1. The summed E-state index contributed by atoms with van der Waals surface area (Å²) in [5, 5.41) is 0. The predicted molar refractivity (Wildman–Crippen MR) is 343 cm³/mol. The maximum absolute atomic E-state index is 12.9. The molecular formula is C73H118O6. The van der Waals surface area contributed by atoms with Crippen molar-refractivity contribution in [2.75, 3.05) is 13.2 Å². The molecule has 0 aromatic rings. The van der Waals surface area contributed by atoms with E-state index in [9.17, 15) is 14.4 Å². The van der Waals surface area contributed by atoms with E-state index in [2.05, 4.69) is 167 Å². The molecule has 0 aliphatic carbocycles. The van der Waals surface area contributed by atoms with Gasteiger partial charge in [-0.15, -0.1) is 0 Å². The third kappa shape index (κ3) is 64.0. The normalized spacial score (nSPS) is 13.1. The Hall–Kier alpha value is -4.71. The molecule has 0 bridgehead atoms. The summed E-state index contributed by atoms with van der Waals surface area (Å²) in [6.07, 6.45) is 94.1. The standard InChI is InChI=1S/C73H118O6/c1-4-7-10-13-16-19-22-25-28-31-33-34-35-36-37-38-40-42-45-48-51-54-57-60-63-66-72(75)78-69-70(68-77-71(74)65-62-59-56-53-50-47-44-41-30-27-24-21-18-15-12-9-6-3)79-73(76)67-64-61-58-55-52-49-46-43-39-32-29-26-23-20-17-14-11-8-5-2/h7,9-10,12,16-21,25-30,33-34,36-37,40,42,48,51,70H,4-6,8,11,13-15,22-24,31-32,35,38-39,41,43-47,49-50,52-69H2,1-3H3/b10-7-,12-9-,19-16-,20-17-,21-18-,28-25-,29-26-,30-27-,34-33-,37-36-,42-40-,51-48-. The van der Waals surface area contributed by atoms with Gasteiger partial charge in [-0.2, -0.15) is 0 Å². The lowest BCUT2D eigenvalue weighted by Crippen LogP contribution is -2.30. The molecule has 0 N–H and O–H groups in total. The average Bonchev–Trinajstić information content (AvgIpc) is 3.45. The second kappa shape index (κ2) is 65.8. The minimum atomic E-state index is -0.807. The van der Waals surface area contributed by atoms with E-state index in [1.165, 1.54) is 96.3 Å². The summed E-state index contributed by atoms with van der Waals surface area (Å²) in [6, 6.07) is 0. The molecule has 0 aliphatic rings. The molecule has 0 aliphatic heterocycles. The maximum atomic E-state index is 12.9. The third-order valence-electron chi connectivity index (χ3n) is 13.3. The number of carbonyl (C=O) groups is 3. The van der Waals surface area contributed by atoms with Crippen LogP contribution < -0.4 is 0 Å². The molecule has 0 spiro atoms. The van der Waals surface area contributed by atoms with E-state index < -0.39 is 6.10 Å². The lowest BCUT2D eigenvalue weighted by Gasteiger charge is -2.18. The van der Waals surface area contributed by atoms with Crippen LogP contribution in [0.5, 0.6) is 0 Å². The highest BCUT2D eigenvalue weighted by Crippen LogP contribution is 2.15. The van der Waals surface area contributed by atoms with Crippen molar-refractivity contribution in [3.63, 3.8) is 0 Å². The van der Waals surface area contributed by atoms with E-state index >= 15 is 0 Å². The van der Waals surface area contributed by atoms with Gasteiger partial charge in [-0.25, -0.2) is 0 Å². The lowest BCUT2D eigenvalue weighted by atomic mass is 10.1. The van der Waals surface area contributed by atoms with Crippen molar-refractivity contribution in [3.8, 4) is 0 Å². The van der Waals surface area contributed by atoms with Crippen LogP contribution in [0.15, 0.2) is 146 Å². The van der Waals surface area contributed by atoms with Crippen molar-refractivity contribution in [2.24, 2.45) is 0 Å². The third-order valence-corrected chi connectivity index (χ3v) is 13.3. The largest absolute Gasteiger partial charge is 0.462 e. The summed E-state index contributed by atoms with van der Waals surface area (Å²) in [4.78, 5) is 38.4. The first kappa shape index (κ1) is 74.3. The van der Waals surface area contributed by atoms with Crippen LogP contribution in [0.25, 0.3) is 0 Å². The fourth-order valence-electron chi connectivity index (χ4n) is 8.53. The smallest absolute Gasteiger partial charge is 0.306 e. The number of rotatable bonds is 57. The van der Waals surface area contributed by atoms with Crippen molar-refractivity contribution in [1.82, 2.24) is 0 Å². The Morgan fingerprint density at radius 1 is 0.266 bits per heavy atom. The molecule has 79 heavy (non-hydrogen) atoms. The van der Waals surface area contributed by atoms with Crippen LogP contribution in [-0.4, -0.2) is 37.2 Å². The van der Waals surface area contributed by atoms with E-state index in [1.807, 2.05) is 0 Å². The second-order valence-electron chi connectivity index (χ2n) is 20.9. The predicted octanol–water partition coefficient (Wildman–Crippen LogP) is 22.3. The van der Waals surface area contributed by atoms with Crippen LogP contribution in [0.2, 0.25) is 0 Å². The Labute approximate surface area is 487 Å². The van der Waals surface area contributed by atoms with E-state index in [4.69, 9.17) is 14.2 Å². The number of unbranched alkanes of at least 4 members (excludes halogenated alkanes) is 22. The van der Waals surface area contributed by atoms with Crippen LogP contribution in [-0.2, 0) is 28.6 Å². The lowest BCUT2D eigenvalue weighted by molar-refractivity contribution is -0.167. The SMILES string of the molecule is CC/C=C\C/C=C\C/C=C\C/C=C\C/C=C\C/C=C\C/C=C\CCCCCC(=O)OCC(COC(=O)CCCCCCCCC/C=C\C/C=C\C/C=C\CC)OC(=O)CCCCCCCCCCC/C=C\C/C=C\CCCCC. The minimum absolute atomic E-state index is 0.101. The second-order valence-corrected chi connectivity index (χ2v) is 20.9. The van der Waals surface area contributed by atoms with Gasteiger partial charge in [-0.3, -0.25) is 14.4 Å². The highest BCUT2D eigenvalue weighted by atomic mass is 16.6. The van der Waals surface area contributed by atoms with Gasteiger partial charge in [0.25, 0.3) is 0 Å². The van der Waals surface area contributed by atoms with Crippen molar-refractivity contribution in [3.05, 3.63) is 146 Å². The highest BCUT2D eigenvalue weighted by Gasteiger charge is 2.19. The summed E-state index contributed by atoms with van der Waals surface area (Å²) in [5.41, 5.74) is 0. The highest BCUT2D eigenvalue weighted by molar-refractivity contribution is 5.71. The topological polar surface area (TPSA) is 78.9 Å². The zero-order chi connectivity index (χ0) is 57.1. The Balaban J connectivity index is 4.49. The molecule has 0 aromatic carbocycles. The Morgan fingerprint density at radius 3 is 0.785 bits per heavy atom. The molecule has 0 heterocycles. The molecule has 0 amide bonds.